The van der Waals surface area contributed by atoms with E-state index in [-0.39, 0.29) is 10.5 Å². The first-order chi connectivity index (χ1) is 9.55. The van der Waals surface area contributed by atoms with Crippen LogP contribution in [0.4, 0.5) is 0 Å². The lowest BCUT2D eigenvalue weighted by atomic mass is 10.1. The maximum Gasteiger partial charge on any atom is 0.328 e. The Morgan fingerprint density at radius 1 is 1.14 bits per heavy atom. The molecule has 0 saturated heterocycles. The molecule has 21 heavy (non-hydrogen) atoms. The van der Waals surface area contributed by atoms with Crippen LogP contribution in [0.15, 0.2) is 21.4 Å². The Bertz CT molecular complexity index is 868. The van der Waals surface area contributed by atoms with Crippen molar-refractivity contribution >= 4 is 52.7 Å². The normalized spacial score (nSPS) is 15.3. The minimum absolute atomic E-state index is 0.115. The van der Waals surface area contributed by atoms with Crippen LogP contribution in [0.5, 0.6) is 0 Å². The van der Waals surface area contributed by atoms with Gasteiger partial charge in [0.05, 0.1) is 21.1 Å². The largest absolute Gasteiger partial charge is 0.328 e. The zero-order valence-electron chi connectivity index (χ0n) is 12.1. The Balaban J connectivity index is 2.69. The van der Waals surface area contributed by atoms with E-state index >= 15 is 0 Å². The fraction of sp³-hybridized carbons (Fsp3) is 0.462. The Morgan fingerprint density at radius 2 is 1.62 bits per heavy atom. The van der Waals surface area contributed by atoms with Gasteiger partial charge in [-0.2, -0.15) is 0 Å². The first-order valence-corrected chi connectivity index (χ1v) is 9.89. The number of aryl methyl sites for hydroxylation is 2. The first kappa shape index (κ1) is 16.8. The third-order valence-corrected chi connectivity index (χ3v) is 7.72. The van der Waals surface area contributed by atoms with Crippen molar-refractivity contribution in [2.75, 3.05) is 6.26 Å². The lowest BCUT2D eigenvalue weighted by molar-refractivity contribution is 0.588. The topological polar surface area (TPSA) is 61.1 Å². The fourth-order valence-electron chi connectivity index (χ4n) is 2.22. The minimum atomic E-state index is -3.17. The Morgan fingerprint density at radius 3 is 2.10 bits per heavy atom. The molecule has 0 saturated carbocycles. The summed E-state index contributed by atoms with van der Waals surface area (Å²) in [4.78, 5) is 11.6. The van der Waals surface area contributed by atoms with E-state index in [2.05, 4.69) is 31.9 Å². The lowest BCUT2D eigenvalue weighted by Crippen LogP contribution is -2.21. The molecule has 0 spiro atoms. The summed E-state index contributed by atoms with van der Waals surface area (Å²) in [5.41, 5.74) is 2.26. The molecule has 0 amide bonds. The Labute approximate surface area is 140 Å². The number of sulfone groups is 1. The van der Waals surface area contributed by atoms with Gasteiger partial charge in [0.1, 0.15) is 0 Å². The predicted octanol–water partition coefficient (Wildman–Crippen LogP) is 2.51. The SMILES string of the molecule is CC(C(Br)c1cc2c(cc1Br)n(C)c(=O)n2C)S(C)(=O)=O. The van der Waals surface area contributed by atoms with Gasteiger partial charge in [0.15, 0.2) is 9.84 Å². The van der Waals surface area contributed by atoms with Crippen molar-refractivity contribution in [2.45, 2.75) is 17.0 Å². The molecule has 0 fully saturated rings. The molecule has 8 heteroatoms. The summed E-state index contributed by atoms with van der Waals surface area (Å²) >= 11 is 6.94. The van der Waals surface area contributed by atoms with E-state index < -0.39 is 15.1 Å². The van der Waals surface area contributed by atoms with Crippen molar-refractivity contribution in [3.05, 3.63) is 32.7 Å². The van der Waals surface area contributed by atoms with E-state index in [0.717, 1.165) is 21.1 Å². The number of benzene rings is 1. The van der Waals surface area contributed by atoms with E-state index in [0.29, 0.717) is 0 Å². The van der Waals surface area contributed by atoms with Gasteiger partial charge in [0.2, 0.25) is 0 Å². The van der Waals surface area contributed by atoms with Gasteiger partial charge in [-0.25, -0.2) is 13.2 Å². The number of hydrogen-bond acceptors (Lipinski definition) is 3. The van der Waals surface area contributed by atoms with Crippen molar-refractivity contribution in [1.82, 2.24) is 9.13 Å². The molecule has 0 bridgehead atoms. The van der Waals surface area contributed by atoms with Gasteiger partial charge >= 0.3 is 5.69 Å². The second-order valence-electron chi connectivity index (χ2n) is 5.20. The summed E-state index contributed by atoms with van der Waals surface area (Å²) in [6, 6.07) is 3.69. The molecule has 0 N–H and O–H groups in total. The number of halogens is 2. The van der Waals surface area contributed by atoms with E-state index in [4.69, 9.17) is 0 Å². The van der Waals surface area contributed by atoms with Crippen molar-refractivity contribution in [1.29, 1.82) is 0 Å². The van der Waals surface area contributed by atoms with Crippen LogP contribution in [0.1, 0.15) is 17.3 Å². The average molecular weight is 440 g/mol. The standard InChI is InChI=1S/C13H16Br2N2O3S/c1-7(21(4,19)20)12(15)8-5-10-11(6-9(8)14)17(3)13(18)16(10)2/h5-7,12H,1-4H3. The summed E-state index contributed by atoms with van der Waals surface area (Å²) in [6.45, 7) is 1.66. The number of alkyl halides is 1. The number of rotatable bonds is 3. The molecule has 116 valence electrons. The van der Waals surface area contributed by atoms with Crippen molar-refractivity contribution in [2.24, 2.45) is 14.1 Å². The summed E-state index contributed by atoms with van der Waals surface area (Å²) in [5.74, 6) is 0. The molecule has 0 radical (unpaired) electrons. The Hall–Kier alpha value is -0.600. The van der Waals surface area contributed by atoms with Crippen LogP contribution < -0.4 is 5.69 Å². The number of nitrogens with zero attached hydrogens (tertiary/aromatic N) is 2. The molecule has 2 aromatic rings. The highest BCUT2D eigenvalue weighted by atomic mass is 79.9. The summed E-state index contributed by atoms with van der Waals surface area (Å²) in [5, 5.41) is -0.577. The van der Waals surface area contributed by atoms with E-state index in [9.17, 15) is 13.2 Å². The zero-order chi connectivity index (χ0) is 16.1. The number of hydrogen-bond donors (Lipinski definition) is 0. The third kappa shape index (κ3) is 2.85. The highest BCUT2D eigenvalue weighted by molar-refractivity contribution is 9.11. The van der Waals surface area contributed by atoms with Gasteiger partial charge in [-0.3, -0.25) is 9.13 Å². The first-order valence-electron chi connectivity index (χ1n) is 6.23. The molecule has 1 heterocycles. The number of fused-ring (bicyclic) bond motifs is 1. The van der Waals surface area contributed by atoms with Crippen LogP contribution in [0.3, 0.4) is 0 Å². The van der Waals surface area contributed by atoms with Crippen LogP contribution in [-0.4, -0.2) is 29.1 Å². The number of imidazole rings is 1. The molecule has 1 aromatic heterocycles. The Kier molecular flexibility index (Phi) is 4.43. The maximum atomic E-state index is 12.0. The monoisotopic (exact) mass is 438 g/mol. The van der Waals surface area contributed by atoms with Gasteiger partial charge in [0.25, 0.3) is 0 Å². The molecule has 5 nitrogen and oxygen atoms in total. The molecular weight excluding hydrogens is 424 g/mol. The molecule has 2 unspecified atom stereocenters. The van der Waals surface area contributed by atoms with E-state index in [1.165, 1.54) is 6.26 Å². The maximum absolute atomic E-state index is 12.0. The molecule has 2 atom stereocenters. The van der Waals surface area contributed by atoms with Gasteiger partial charge in [0, 0.05) is 24.8 Å². The van der Waals surface area contributed by atoms with Crippen LogP contribution in [0.25, 0.3) is 11.0 Å². The molecular formula is C13H16Br2N2O3S. The smallest absolute Gasteiger partial charge is 0.295 e. The van der Waals surface area contributed by atoms with Crippen LogP contribution in [0, 0.1) is 0 Å². The average Bonchev–Trinajstić information content (AvgIpc) is 2.60. The van der Waals surface area contributed by atoms with E-state index in [1.54, 1.807) is 30.2 Å². The second kappa shape index (κ2) is 5.55. The van der Waals surface area contributed by atoms with Gasteiger partial charge in [-0.05, 0) is 24.6 Å². The minimum Gasteiger partial charge on any atom is -0.295 e. The van der Waals surface area contributed by atoms with Crippen molar-refractivity contribution in [3.8, 4) is 0 Å². The molecule has 0 aliphatic heterocycles. The quantitative estimate of drug-likeness (QED) is 0.690. The van der Waals surface area contributed by atoms with Crippen molar-refractivity contribution < 1.29 is 8.42 Å². The summed E-state index contributed by atoms with van der Waals surface area (Å²) in [7, 11) is 0.235. The predicted molar refractivity (Wildman–Crippen MR) is 91.8 cm³/mol. The van der Waals surface area contributed by atoms with Gasteiger partial charge in [-0.15, -0.1) is 0 Å². The fourth-order valence-corrected chi connectivity index (χ4v) is 5.24. The third-order valence-electron chi connectivity index (χ3n) is 3.78. The van der Waals surface area contributed by atoms with Crippen LogP contribution in [0.2, 0.25) is 0 Å². The lowest BCUT2D eigenvalue weighted by Gasteiger charge is -2.18. The zero-order valence-corrected chi connectivity index (χ0v) is 16.1. The molecule has 2 rings (SSSR count). The second-order valence-corrected chi connectivity index (χ2v) is 9.44. The highest BCUT2D eigenvalue weighted by Gasteiger charge is 2.27. The molecule has 0 aliphatic rings. The summed E-state index contributed by atoms with van der Waals surface area (Å²) < 4.78 is 27.4. The van der Waals surface area contributed by atoms with Crippen LogP contribution >= 0.6 is 31.9 Å². The van der Waals surface area contributed by atoms with Crippen molar-refractivity contribution in [3.63, 3.8) is 0 Å². The summed E-state index contributed by atoms with van der Waals surface area (Å²) in [6.07, 6.45) is 1.22. The van der Waals surface area contributed by atoms with Crippen LogP contribution in [-0.2, 0) is 23.9 Å². The molecule has 1 aromatic carbocycles. The van der Waals surface area contributed by atoms with Gasteiger partial charge < -0.3 is 0 Å². The number of aromatic nitrogens is 2. The van der Waals surface area contributed by atoms with E-state index in [1.807, 2.05) is 12.1 Å². The van der Waals surface area contributed by atoms with Gasteiger partial charge in [-0.1, -0.05) is 31.9 Å². The molecule has 0 aliphatic carbocycles. The highest BCUT2D eigenvalue weighted by Crippen LogP contribution is 2.37.